The molecule has 0 atom stereocenters. The fourth-order valence-corrected chi connectivity index (χ4v) is 3.84. The second-order valence-corrected chi connectivity index (χ2v) is 7.04. The van der Waals surface area contributed by atoms with E-state index in [0.717, 1.165) is 48.5 Å². The van der Waals surface area contributed by atoms with Crippen LogP contribution in [0, 0.1) is 0 Å². The van der Waals surface area contributed by atoms with Gasteiger partial charge < -0.3 is 9.80 Å². The number of rotatable bonds is 1. The summed E-state index contributed by atoms with van der Waals surface area (Å²) >= 11 is 0. The van der Waals surface area contributed by atoms with Gasteiger partial charge in [0, 0.05) is 31.3 Å². The molecular weight excluding hydrogens is 310 g/mol. The molecule has 1 amide bonds. The lowest BCUT2D eigenvalue weighted by molar-refractivity contribution is -0.124. The molecule has 4 rings (SSSR count). The summed E-state index contributed by atoms with van der Waals surface area (Å²) in [5.41, 5.74) is 3.30. The fourth-order valence-electron chi connectivity index (χ4n) is 3.84. The van der Waals surface area contributed by atoms with Crippen LogP contribution in [0.5, 0.6) is 0 Å². The van der Waals surface area contributed by atoms with Crippen molar-refractivity contribution in [1.29, 1.82) is 0 Å². The Morgan fingerprint density at radius 2 is 1.56 bits per heavy atom. The number of fused-ring (bicyclic) bond motifs is 1. The molecule has 0 saturated carbocycles. The minimum Gasteiger partial charge on any atom is -0.313 e. The van der Waals surface area contributed by atoms with Gasteiger partial charge in [-0.1, -0.05) is 48.5 Å². The van der Waals surface area contributed by atoms with E-state index in [9.17, 15) is 4.79 Å². The average molecular weight is 333 g/mol. The van der Waals surface area contributed by atoms with Crippen molar-refractivity contribution in [3.8, 4) is 0 Å². The number of aliphatic imine (C=N–C) groups is 1. The molecule has 0 aromatic heterocycles. The number of nitrogens with zero attached hydrogens (tertiary/aromatic N) is 3. The SMILES string of the molecule is CN1CCC2(CC1)N=C(c1ccccc1)c1ccccc1N(C)C2=O. The molecule has 2 heterocycles. The van der Waals surface area contributed by atoms with Gasteiger partial charge in [-0.3, -0.25) is 9.79 Å². The molecule has 2 aliphatic rings. The molecule has 4 nitrogen and oxygen atoms in total. The fraction of sp³-hybridized carbons (Fsp3) is 0.333. The van der Waals surface area contributed by atoms with Crippen LogP contribution in [0.25, 0.3) is 0 Å². The molecule has 2 aromatic carbocycles. The van der Waals surface area contributed by atoms with Crippen molar-refractivity contribution in [2.75, 3.05) is 32.1 Å². The summed E-state index contributed by atoms with van der Waals surface area (Å²) in [6.07, 6.45) is 1.52. The highest BCUT2D eigenvalue weighted by Gasteiger charge is 2.45. The minimum atomic E-state index is -0.661. The number of anilines is 1. The molecule has 4 heteroatoms. The summed E-state index contributed by atoms with van der Waals surface area (Å²) in [4.78, 5) is 22.6. The first-order valence-corrected chi connectivity index (χ1v) is 8.82. The predicted molar refractivity (Wildman–Crippen MR) is 101 cm³/mol. The number of benzene rings is 2. The number of amides is 1. The average Bonchev–Trinajstić information content (AvgIpc) is 2.75. The third kappa shape index (κ3) is 2.67. The zero-order valence-corrected chi connectivity index (χ0v) is 14.8. The number of likely N-dealkylation sites (N-methyl/N-ethyl adjacent to an activating group) is 1. The number of carbonyl (C=O) groups is 1. The molecule has 128 valence electrons. The highest BCUT2D eigenvalue weighted by molar-refractivity contribution is 6.20. The summed E-state index contributed by atoms with van der Waals surface area (Å²) in [6.45, 7) is 1.78. The van der Waals surface area contributed by atoms with Crippen LogP contribution >= 0.6 is 0 Å². The Hall–Kier alpha value is -2.46. The molecule has 0 bridgehead atoms. The molecule has 0 radical (unpaired) electrons. The molecule has 0 aliphatic carbocycles. The second-order valence-electron chi connectivity index (χ2n) is 7.04. The first-order valence-electron chi connectivity index (χ1n) is 8.82. The zero-order valence-electron chi connectivity index (χ0n) is 14.8. The Labute approximate surface area is 148 Å². The molecule has 1 saturated heterocycles. The molecule has 0 unspecified atom stereocenters. The van der Waals surface area contributed by atoms with Gasteiger partial charge in [0.05, 0.1) is 11.4 Å². The number of piperidine rings is 1. The highest BCUT2D eigenvalue weighted by atomic mass is 16.2. The summed E-state index contributed by atoms with van der Waals surface area (Å²) in [5, 5.41) is 0. The Morgan fingerprint density at radius 1 is 0.920 bits per heavy atom. The molecular formula is C21H23N3O. The number of hydrogen-bond acceptors (Lipinski definition) is 3. The van der Waals surface area contributed by atoms with Crippen LogP contribution in [0.2, 0.25) is 0 Å². The van der Waals surface area contributed by atoms with E-state index in [1.54, 1.807) is 4.90 Å². The van der Waals surface area contributed by atoms with Crippen LogP contribution in [0.3, 0.4) is 0 Å². The molecule has 25 heavy (non-hydrogen) atoms. The first kappa shape index (κ1) is 16.0. The van der Waals surface area contributed by atoms with Crippen LogP contribution in [0.15, 0.2) is 59.6 Å². The summed E-state index contributed by atoms with van der Waals surface area (Å²) in [6, 6.07) is 18.3. The summed E-state index contributed by atoms with van der Waals surface area (Å²) in [5.74, 6) is 0.110. The van der Waals surface area contributed by atoms with Crippen molar-refractivity contribution in [2.45, 2.75) is 18.4 Å². The van der Waals surface area contributed by atoms with Gasteiger partial charge in [0.15, 0.2) is 0 Å². The van der Waals surface area contributed by atoms with Gasteiger partial charge in [0.2, 0.25) is 0 Å². The van der Waals surface area contributed by atoms with Crippen molar-refractivity contribution < 1.29 is 4.79 Å². The van der Waals surface area contributed by atoms with Crippen LogP contribution in [-0.2, 0) is 4.79 Å². The van der Waals surface area contributed by atoms with Crippen molar-refractivity contribution in [2.24, 2.45) is 4.99 Å². The van der Waals surface area contributed by atoms with Crippen LogP contribution in [0.1, 0.15) is 24.0 Å². The monoisotopic (exact) mass is 333 g/mol. The van der Waals surface area contributed by atoms with Crippen molar-refractivity contribution in [3.05, 3.63) is 65.7 Å². The maximum Gasteiger partial charge on any atom is 0.254 e. The number of carbonyl (C=O) groups excluding carboxylic acids is 1. The summed E-state index contributed by atoms with van der Waals surface area (Å²) < 4.78 is 0. The summed E-state index contributed by atoms with van der Waals surface area (Å²) in [7, 11) is 3.99. The topological polar surface area (TPSA) is 35.9 Å². The lowest BCUT2D eigenvalue weighted by Crippen LogP contribution is -2.52. The van der Waals surface area contributed by atoms with Gasteiger partial charge in [-0.15, -0.1) is 0 Å². The van der Waals surface area contributed by atoms with Gasteiger partial charge in [-0.05, 0) is 26.0 Å². The third-order valence-electron chi connectivity index (χ3n) is 5.41. The Morgan fingerprint density at radius 3 is 2.28 bits per heavy atom. The van der Waals surface area contributed by atoms with E-state index in [0.29, 0.717) is 0 Å². The standard InChI is InChI=1S/C21H23N3O/c1-23-14-12-21(13-15-23)20(25)24(2)18-11-7-6-10-17(18)19(22-21)16-8-4-3-5-9-16/h3-11H,12-15H2,1-2H3. The maximum atomic E-state index is 13.4. The number of likely N-dealkylation sites (tertiary alicyclic amines) is 1. The quantitative estimate of drug-likeness (QED) is 0.804. The Bertz CT molecular complexity index is 820. The maximum absolute atomic E-state index is 13.4. The molecule has 2 aromatic rings. The molecule has 1 fully saturated rings. The number of hydrogen-bond donors (Lipinski definition) is 0. The van der Waals surface area contributed by atoms with Gasteiger partial charge in [-0.2, -0.15) is 0 Å². The van der Waals surface area contributed by atoms with E-state index < -0.39 is 5.54 Å². The Balaban J connectivity index is 1.93. The van der Waals surface area contributed by atoms with E-state index in [1.165, 1.54) is 0 Å². The lowest BCUT2D eigenvalue weighted by atomic mass is 9.86. The van der Waals surface area contributed by atoms with E-state index in [1.807, 2.05) is 43.4 Å². The smallest absolute Gasteiger partial charge is 0.254 e. The zero-order chi connectivity index (χ0) is 17.4. The van der Waals surface area contributed by atoms with E-state index >= 15 is 0 Å². The van der Waals surface area contributed by atoms with Crippen molar-refractivity contribution >= 4 is 17.3 Å². The highest BCUT2D eigenvalue weighted by Crippen LogP contribution is 2.36. The Kier molecular flexibility index (Phi) is 3.92. The van der Waals surface area contributed by atoms with E-state index in [4.69, 9.17) is 4.99 Å². The molecule has 2 aliphatic heterocycles. The minimum absolute atomic E-state index is 0.110. The third-order valence-corrected chi connectivity index (χ3v) is 5.41. The van der Waals surface area contributed by atoms with E-state index in [-0.39, 0.29) is 5.91 Å². The molecule has 1 spiro atoms. The van der Waals surface area contributed by atoms with Gasteiger partial charge in [-0.25, -0.2) is 0 Å². The van der Waals surface area contributed by atoms with Gasteiger partial charge in [0.25, 0.3) is 5.91 Å². The van der Waals surface area contributed by atoms with Gasteiger partial charge in [0.1, 0.15) is 5.54 Å². The largest absolute Gasteiger partial charge is 0.313 e. The normalized spacial score (nSPS) is 20.2. The first-order chi connectivity index (χ1) is 12.1. The van der Waals surface area contributed by atoms with Gasteiger partial charge >= 0.3 is 0 Å². The number of para-hydroxylation sites is 1. The van der Waals surface area contributed by atoms with Crippen LogP contribution < -0.4 is 4.90 Å². The van der Waals surface area contributed by atoms with Crippen molar-refractivity contribution in [3.63, 3.8) is 0 Å². The second kappa shape index (κ2) is 6.12. The lowest BCUT2D eigenvalue weighted by Gasteiger charge is -2.37. The predicted octanol–water partition coefficient (Wildman–Crippen LogP) is 2.96. The van der Waals surface area contributed by atoms with Crippen LogP contribution in [-0.4, -0.2) is 49.2 Å². The van der Waals surface area contributed by atoms with Crippen molar-refractivity contribution in [1.82, 2.24) is 4.90 Å². The van der Waals surface area contributed by atoms with E-state index in [2.05, 4.69) is 30.1 Å². The molecule has 0 N–H and O–H groups in total. The van der Waals surface area contributed by atoms with Crippen LogP contribution in [0.4, 0.5) is 5.69 Å².